The summed E-state index contributed by atoms with van der Waals surface area (Å²) in [5, 5.41) is 3.57. The lowest BCUT2D eigenvalue weighted by atomic mass is 9.93. The van der Waals surface area contributed by atoms with Crippen LogP contribution < -0.4 is 10.1 Å². The van der Waals surface area contributed by atoms with E-state index in [0.29, 0.717) is 18.1 Å². The van der Waals surface area contributed by atoms with E-state index >= 15 is 0 Å². The summed E-state index contributed by atoms with van der Waals surface area (Å²) in [5.74, 6) is 0.648. The van der Waals surface area contributed by atoms with E-state index in [0.717, 1.165) is 29.0 Å². The molecule has 2 aromatic carbocycles. The molecule has 4 heteroatoms. The zero-order valence-corrected chi connectivity index (χ0v) is 13.2. The predicted octanol–water partition coefficient (Wildman–Crippen LogP) is 4.41. The van der Waals surface area contributed by atoms with Gasteiger partial charge in [-0.25, -0.2) is 0 Å². The van der Waals surface area contributed by atoms with Crippen LogP contribution in [0.5, 0.6) is 5.75 Å². The van der Waals surface area contributed by atoms with E-state index in [-0.39, 0.29) is 11.8 Å². The lowest BCUT2D eigenvalue weighted by Crippen LogP contribution is -2.15. The predicted molar refractivity (Wildman–Crippen MR) is 88.8 cm³/mol. The summed E-state index contributed by atoms with van der Waals surface area (Å²) in [4.78, 5) is 12.3. The van der Waals surface area contributed by atoms with Crippen molar-refractivity contribution in [3.05, 3.63) is 58.6 Å². The number of hydrogen-bond acceptors (Lipinski definition) is 2. The van der Waals surface area contributed by atoms with Crippen LogP contribution in [0.4, 0.5) is 5.69 Å². The van der Waals surface area contributed by atoms with Gasteiger partial charge < -0.3 is 10.1 Å². The van der Waals surface area contributed by atoms with Gasteiger partial charge in [-0.1, -0.05) is 36.7 Å². The van der Waals surface area contributed by atoms with Gasteiger partial charge in [-0.15, -0.1) is 0 Å². The van der Waals surface area contributed by atoms with Crippen molar-refractivity contribution in [2.45, 2.75) is 25.7 Å². The number of benzene rings is 2. The Morgan fingerprint density at radius 3 is 2.86 bits per heavy atom. The van der Waals surface area contributed by atoms with E-state index in [1.165, 1.54) is 0 Å². The Morgan fingerprint density at radius 1 is 1.23 bits per heavy atom. The maximum atomic E-state index is 12.3. The number of amides is 1. The number of rotatable bonds is 5. The molecule has 1 atom stereocenters. The van der Waals surface area contributed by atoms with E-state index in [9.17, 15) is 4.79 Å². The Morgan fingerprint density at radius 2 is 2.05 bits per heavy atom. The van der Waals surface area contributed by atoms with Crippen LogP contribution >= 0.6 is 11.6 Å². The Bertz CT molecular complexity index is 699. The van der Waals surface area contributed by atoms with Gasteiger partial charge in [0.25, 0.3) is 0 Å². The first kappa shape index (κ1) is 14.9. The maximum Gasteiger partial charge on any atom is 0.232 e. The molecular formula is C18H18ClNO2. The molecule has 1 N–H and O–H groups in total. The third-order valence-corrected chi connectivity index (χ3v) is 4.06. The molecular weight excluding hydrogens is 298 g/mol. The molecule has 22 heavy (non-hydrogen) atoms. The molecule has 0 radical (unpaired) electrons. The molecule has 0 unspecified atom stereocenters. The van der Waals surface area contributed by atoms with Crippen molar-refractivity contribution in [1.82, 2.24) is 0 Å². The van der Waals surface area contributed by atoms with Crippen molar-refractivity contribution < 1.29 is 9.53 Å². The van der Waals surface area contributed by atoms with Crippen LogP contribution in [-0.2, 0) is 11.2 Å². The molecule has 1 amide bonds. The Labute approximate surface area is 135 Å². The maximum absolute atomic E-state index is 12.3. The van der Waals surface area contributed by atoms with E-state index in [1.807, 2.05) is 36.4 Å². The largest absolute Gasteiger partial charge is 0.493 e. The lowest BCUT2D eigenvalue weighted by molar-refractivity contribution is -0.117. The quantitative estimate of drug-likeness (QED) is 0.887. The van der Waals surface area contributed by atoms with E-state index in [2.05, 4.69) is 12.2 Å². The van der Waals surface area contributed by atoms with E-state index in [1.54, 1.807) is 6.07 Å². The third-order valence-electron chi connectivity index (χ3n) is 3.82. The van der Waals surface area contributed by atoms with Gasteiger partial charge in [0, 0.05) is 10.7 Å². The number of nitrogens with one attached hydrogen (secondary N) is 1. The normalized spacial score (nSPS) is 16.3. The van der Waals surface area contributed by atoms with Crippen LogP contribution in [0.2, 0.25) is 5.02 Å². The second-order valence-electron chi connectivity index (χ2n) is 5.43. The topological polar surface area (TPSA) is 38.3 Å². The molecule has 114 valence electrons. The minimum atomic E-state index is -0.222. The van der Waals surface area contributed by atoms with Crippen LogP contribution in [0.15, 0.2) is 42.5 Å². The highest BCUT2D eigenvalue weighted by molar-refractivity contribution is 6.31. The standard InChI is InChI=1S/C18H18ClNO2/c1-2-9-22-17-6-4-3-5-12(17)10-15-14-11-13(19)7-8-16(14)20-18(15)21/h3-8,11,15H,2,9-10H2,1H3,(H,20,21)/t15-/m0/s1. The summed E-state index contributed by atoms with van der Waals surface area (Å²) in [7, 11) is 0. The summed E-state index contributed by atoms with van der Waals surface area (Å²) in [6, 6.07) is 13.4. The molecule has 0 fully saturated rings. The highest BCUT2D eigenvalue weighted by Gasteiger charge is 2.31. The fourth-order valence-corrected chi connectivity index (χ4v) is 2.93. The highest BCUT2D eigenvalue weighted by Crippen LogP contribution is 2.37. The number of halogens is 1. The number of carbonyl (C=O) groups is 1. The fraction of sp³-hybridized carbons (Fsp3) is 0.278. The summed E-state index contributed by atoms with van der Waals surface area (Å²) >= 11 is 6.08. The smallest absolute Gasteiger partial charge is 0.232 e. The summed E-state index contributed by atoms with van der Waals surface area (Å²) in [5.41, 5.74) is 2.86. The third kappa shape index (κ3) is 2.95. The van der Waals surface area contributed by atoms with Gasteiger partial charge in [-0.05, 0) is 48.2 Å². The lowest BCUT2D eigenvalue weighted by Gasteiger charge is -2.14. The first-order chi connectivity index (χ1) is 10.7. The Balaban J connectivity index is 1.88. The van der Waals surface area contributed by atoms with Gasteiger partial charge in [0.15, 0.2) is 0 Å². The van der Waals surface area contributed by atoms with Crippen LogP contribution in [0.3, 0.4) is 0 Å². The van der Waals surface area contributed by atoms with Crippen LogP contribution in [0.1, 0.15) is 30.4 Å². The number of hydrogen-bond donors (Lipinski definition) is 1. The van der Waals surface area contributed by atoms with Crippen LogP contribution in [0.25, 0.3) is 0 Å². The molecule has 2 aromatic rings. The minimum Gasteiger partial charge on any atom is -0.493 e. The van der Waals surface area contributed by atoms with Gasteiger partial charge in [0.05, 0.1) is 12.5 Å². The van der Waals surface area contributed by atoms with Crippen molar-refractivity contribution in [1.29, 1.82) is 0 Å². The second kappa shape index (κ2) is 6.41. The Hall–Kier alpha value is -2.00. The SMILES string of the molecule is CCCOc1ccccc1C[C@@H]1C(=O)Nc2ccc(Cl)cc21. The van der Waals surface area contributed by atoms with Crippen LogP contribution in [0, 0.1) is 0 Å². The molecule has 1 heterocycles. The number of carbonyl (C=O) groups excluding carboxylic acids is 1. The van der Waals surface area contributed by atoms with Crippen molar-refractivity contribution >= 4 is 23.2 Å². The van der Waals surface area contributed by atoms with E-state index < -0.39 is 0 Å². The molecule has 0 saturated heterocycles. The average molecular weight is 316 g/mol. The molecule has 3 nitrogen and oxygen atoms in total. The first-order valence-corrected chi connectivity index (χ1v) is 7.88. The minimum absolute atomic E-state index is 0.0163. The molecule has 0 saturated carbocycles. The number of fused-ring (bicyclic) bond motifs is 1. The average Bonchev–Trinajstić information content (AvgIpc) is 2.82. The van der Waals surface area contributed by atoms with Crippen molar-refractivity contribution in [3.8, 4) is 5.75 Å². The van der Waals surface area contributed by atoms with Crippen molar-refractivity contribution in [2.24, 2.45) is 0 Å². The molecule has 1 aliphatic rings. The fourth-order valence-electron chi connectivity index (χ4n) is 2.74. The highest BCUT2D eigenvalue weighted by atomic mass is 35.5. The molecule has 3 rings (SSSR count). The van der Waals surface area contributed by atoms with Gasteiger partial charge in [-0.3, -0.25) is 4.79 Å². The van der Waals surface area contributed by atoms with Gasteiger partial charge in [0.1, 0.15) is 5.75 Å². The number of ether oxygens (including phenoxy) is 1. The molecule has 0 spiro atoms. The zero-order valence-electron chi connectivity index (χ0n) is 12.4. The van der Waals surface area contributed by atoms with Gasteiger partial charge >= 0.3 is 0 Å². The number of para-hydroxylation sites is 1. The van der Waals surface area contributed by atoms with Crippen molar-refractivity contribution in [2.75, 3.05) is 11.9 Å². The molecule has 0 bridgehead atoms. The van der Waals surface area contributed by atoms with Crippen LogP contribution in [-0.4, -0.2) is 12.5 Å². The summed E-state index contributed by atoms with van der Waals surface area (Å²) < 4.78 is 5.79. The first-order valence-electron chi connectivity index (χ1n) is 7.50. The van der Waals surface area contributed by atoms with Gasteiger partial charge in [0.2, 0.25) is 5.91 Å². The Kier molecular flexibility index (Phi) is 4.34. The summed E-state index contributed by atoms with van der Waals surface area (Å²) in [6.45, 7) is 2.75. The molecule has 1 aliphatic heterocycles. The number of anilines is 1. The second-order valence-corrected chi connectivity index (χ2v) is 5.87. The van der Waals surface area contributed by atoms with E-state index in [4.69, 9.17) is 16.3 Å². The van der Waals surface area contributed by atoms with Crippen molar-refractivity contribution in [3.63, 3.8) is 0 Å². The molecule has 0 aliphatic carbocycles. The zero-order chi connectivity index (χ0) is 15.5. The monoisotopic (exact) mass is 315 g/mol. The molecule has 0 aromatic heterocycles. The van der Waals surface area contributed by atoms with Gasteiger partial charge in [-0.2, -0.15) is 0 Å². The summed E-state index contributed by atoms with van der Waals surface area (Å²) in [6.07, 6.45) is 1.57.